The number of carbonyl (C=O) groups excluding carboxylic acids is 2. The molecule has 0 bridgehead atoms. The fraction of sp³-hybridized carbons (Fsp3) is 0.400. The molecule has 0 saturated heterocycles. The Morgan fingerprint density at radius 3 is 1.73 bits per heavy atom. The number of rotatable bonds is 8. The van der Waals surface area contributed by atoms with Crippen LogP contribution in [0.3, 0.4) is 0 Å². The van der Waals surface area contributed by atoms with E-state index in [4.69, 9.17) is 0 Å². The summed E-state index contributed by atoms with van der Waals surface area (Å²) in [5, 5.41) is 0. The van der Waals surface area contributed by atoms with Crippen molar-refractivity contribution in [3.63, 3.8) is 0 Å². The summed E-state index contributed by atoms with van der Waals surface area (Å²) in [7, 11) is 0. The van der Waals surface area contributed by atoms with E-state index >= 15 is 0 Å². The van der Waals surface area contributed by atoms with Gasteiger partial charge < -0.3 is 0 Å². The standard InChI is InChI=1S/C20H22O2/c1-3-5-7-12-19(21)15-17-10-9-11-18(14-17)16-20(22)13-8-6-4-2/h9-11,14H,7-8,12-13,15-16H2,1-2H3. The fourth-order valence-electron chi connectivity index (χ4n) is 2.14. The Hall–Kier alpha value is -2.32. The molecule has 0 atom stereocenters. The summed E-state index contributed by atoms with van der Waals surface area (Å²) in [6.45, 7) is 3.55. The van der Waals surface area contributed by atoms with Crippen LogP contribution in [0.1, 0.15) is 50.7 Å². The largest absolute Gasteiger partial charge is 0.299 e. The zero-order chi connectivity index (χ0) is 16.2. The maximum Gasteiger partial charge on any atom is 0.138 e. The SMILES string of the molecule is CC#CCCC(=O)Cc1cccc(CC(=O)CCC#CC)c1. The van der Waals surface area contributed by atoms with Crippen molar-refractivity contribution in [3.05, 3.63) is 35.4 Å². The van der Waals surface area contributed by atoms with E-state index in [0.717, 1.165) is 11.1 Å². The molecule has 1 aromatic rings. The van der Waals surface area contributed by atoms with E-state index in [0.29, 0.717) is 38.5 Å². The van der Waals surface area contributed by atoms with Crippen LogP contribution in [0.2, 0.25) is 0 Å². The van der Waals surface area contributed by atoms with Crippen molar-refractivity contribution in [1.82, 2.24) is 0 Å². The Bertz CT molecular complexity index is 580. The van der Waals surface area contributed by atoms with Crippen molar-refractivity contribution in [2.24, 2.45) is 0 Å². The van der Waals surface area contributed by atoms with Gasteiger partial charge in [0.1, 0.15) is 11.6 Å². The minimum Gasteiger partial charge on any atom is -0.299 e. The van der Waals surface area contributed by atoms with Gasteiger partial charge in [-0.3, -0.25) is 9.59 Å². The molecule has 0 amide bonds. The third kappa shape index (κ3) is 7.46. The van der Waals surface area contributed by atoms with Gasteiger partial charge in [0.2, 0.25) is 0 Å². The van der Waals surface area contributed by atoms with E-state index in [1.165, 1.54) is 0 Å². The van der Waals surface area contributed by atoms with E-state index in [2.05, 4.69) is 23.7 Å². The molecule has 0 aliphatic heterocycles. The molecule has 0 fully saturated rings. The van der Waals surface area contributed by atoms with Crippen LogP contribution < -0.4 is 0 Å². The molecule has 0 saturated carbocycles. The molecular formula is C20H22O2. The Morgan fingerprint density at radius 1 is 0.864 bits per heavy atom. The van der Waals surface area contributed by atoms with Gasteiger partial charge in [0.25, 0.3) is 0 Å². The van der Waals surface area contributed by atoms with Gasteiger partial charge in [-0.05, 0) is 25.0 Å². The quantitative estimate of drug-likeness (QED) is 0.687. The topological polar surface area (TPSA) is 34.1 Å². The lowest BCUT2D eigenvalue weighted by Gasteiger charge is -2.04. The van der Waals surface area contributed by atoms with Crippen LogP contribution >= 0.6 is 0 Å². The van der Waals surface area contributed by atoms with Crippen molar-refractivity contribution in [2.45, 2.75) is 52.4 Å². The third-order valence-corrected chi connectivity index (χ3v) is 3.21. The number of carbonyl (C=O) groups is 2. The molecule has 0 N–H and O–H groups in total. The Kier molecular flexibility index (Phi) is 8.39. The van der Waals surface area contributed by atoms with Crippen LogP contribution in [0.25, 0.3) is 0 Å². The summed E-state index contributed by atoms with van der Waals surface area (Å²) < 4.78 is 0. The first-order valence-corrected chi connectivity index (χ1v) is 7.56. The van der Waals surface area contributed by atoms with Crippen LogP contribution in [0.5, 0.6) is 0 Å². The van der Waals surface area contributed by atoms with Crippen molar-refractivity contribution in [1.29, 1.82) is 0 Å². The van der Waals surface area contributed by atoms with Gasteiger partial charge in [-0.25, -0.2) is 0 Å². The lowest BCUT2D eigenvalue weighted by Crippen LogP contribution is -2.05. The van der Waals surface area contributed by atoms with E-state index in [-0.39, 0.29) is 11.6 Å². The van der Waals surface area contributed by atoms with Gasteiger partial charge in [0.05, 0.1) is 0 Å². The molecule has 0 aliphatic carbocycles. The smallest absolute Gasteiger partial charge is 0.138 e. The van der Waals surface area contributed by atoms with Crippen molar-refractivity contribution >= 4 is 11.6 Å². The predicted octanol–water partition coefficient (Wildman–Crippen LogP) is 3.52. The number of Topliss-reactive ketones (excluding diaryl/α,β-unsaturated/α-hetero) is 2. The van der Waals surface area contributed by atoms with Gasteiger partial charge >= 0.3 is 0 Å². The summed E-state index contributed by atoms with van der Waals surface area (Å²) >= 11 is 0. The lowest BCUT2D eigenvalue weighted by molar-refractivity contribution is -0.119. The van der Waals surface area contributed by atoms with Crippen LogP contribution in [0.4, 0.5) is 0 Å². The first-order chi connectivity index (χ1) is 10.7. The minimum atomic E-state index is 0.185. The first-order valence-electron chi connectivity index (χ1n) is 7.56. The van der Waals surface area contributed by atoms with Gasteiger partial charge in [0.15, 0.2) is 0 Å². The molecule has 1 aromatic carbocycles. The highest BCUT2D eigenvalue weighted by Gasteiger charge is 2.06. The average molecular weight is 294 g/mol. The Balaban J connectivity index is 2.53. The molecule has 22 heavy (non-hydrogen) atoms. The van der Waals surface area contributed by atoms with Crippen LogP contribution in [0.15, 0.2) is 24.3 Å². The van der Waals surface area contributed by atoms with Crippen molar-refractivity contribution in [3.8, 4) is 23.7 Å². The maximum atomic E-state index is 11.8. The van der Waals surface area contributed by atoms with Gasteiger partial charge in [0, 0.05) is 38.5 Å². The molecule has 0 aromatic heterocycles. The molecule has 0 aliphatic rings. The highest BCUT2D eigenvalue weighted by Crippen LogP contribution is 2.10. The third-order valence-electron chi connectivity index (χ3n) is 3.21. The molecule has 0 unspecified atom stereocenters. The van der Waals surface area contributed by atoms with E-state index < -0.39 is 0 Å². The summed E-state index contributed by atoms with van der Waals surface area (Å²) in [5.74, 6) is 11.7. The second-order valence-electron chi connectivity index (χ2n) is 5.10. The molecule has 2 heteroatoms. The summed E-state index contributed by atoms with van der Waals surface area (Å²) in [6, 6.07) is 7.72. The summed E-state index contributed by atoms with van der Waals surface area (Å²) in [5.41, 5.74) is 1.93. The average Bonchev–Trinajstić information content (AvgIpc) is 2.48. The van der Waals surface area contributed by atoms with Crippen LogP contribution in [0, 0.1) is 23.7 Å². The molecule has 0 spiro atoms. The lowest BCUT2D eigenvalue weighted by atomic mass is 10.00. The van der Waals surface area contributed by atoms with Crippen molar-refractivity contribution in [2.75, 3.05) is 0 Å². The van der Waals surface area contributed by atoms with Crippen LogP contribution in [-0.2, 0) is 22.4 Å². The molecule has 2 nitrogen and oxygen atoms in total. The number of hydrogen-bond donors (Lipinski definition) is 0. The Morgan fingerprint density at radius 2 is 1.32 bits per heavy atom. The normalized spacial score (nSPS) is 9.18. The van der Waals surface area contributed by atoms with Crippen LogP contribution in [-0.4, -0.2) is 11.6 Å². The summed E-state index contributed by atoms with van der Waals surface area (Å²) in [6.07, 6.45) is 3.03. The van der Waals surface area contributed by atoms with E-state index in [1.54, 1.807) is 13.8 Å². The van der Waals surface area contributed by atoms with Gasteiger partial charge in [-0.1, -0.05) is 24.3 Å². The van der Waals surface area contributed by atoms with Gasteiger partial charge in [-0.2, -0.15) is 0 Å². The first kappa shape index (κ1) is 17.7. The maximum absolute atomic E-state index is 11.8. The fourth-order valence-corrected chi connectivity index (χ4v) is 2.14. The van der Waals surface area contributed by atoms with E-state index in [1.807, 2.05) is 24.3 Å². The van der Waals surface area contributed by atoms with Gasteiger partial charge in [-0.15, -0.1) is 23.7 Å². The molecule has 0 heterocycles. The summed E-state index contributed by atoms with van der Waals surface area (Å²) in [4.78, 5) is 23.7. The number of benzene rings is 1. The monoisotopic (exact) mass is 294 g/mol. The van der Waals surface area contributed by atoms with Crippen molar-refractivity contribution < 1.29 is 9.59 Å². The minimum absolute atomic E-state index is 0.185. The highest BCUT2D eigenvalue weighted by molar-refractivity contribution is 5.82. The molecular weight excluding hydrogens is 272 g/mol. The highest BCUT2D eigenvalue weighted by atomic mass is 16.1. The zero-order valence-corrected chi connectivity index (χ0v) is 13.4. The molecule has 0 radical (unpaired) electrons. The number of ketones is 2. The molecule has 1 rings (SSSR count). The van der Waals surface area contributed by atoms with E-state index in [9.17, 15) is 9.59 Å². The predicted molar refractivity (Wildman–Crippen MR) is 89.2 cm³/mol. The molecule has 114 valence electrons. The second kappa shape index (κ2) is 10.4. The second-order valence-corrected chi connectivity index (χ2v) is 5.10. The Labute approximate surface area is 133 Å². The number of hydrogen-bond acceptors (Lipinski definition) is 2. The zero-order valence-electron chi connectivity index (χ0n) is 13.4.